The summed E-state index contributed by atoms with van der Waals surface area (Å²) in [5.41, 5.74) is 6.99. The van der Waals surface area contributed by atoms with Crippen molar-refractivity contribution in [3.8, 4) is 5.95 Å². The largest absolute Gasteiger partial charge is 0.368 e. The van der Waals surface area contributed by atoms with Gasteiger partial charge in [-0.3, -0.25) is 4.57 Å². The molecule has 0 amide bonds. The molecule has 0 saturated heterocycles. The summed E-state index contributed by atoms with van der Waals surface area (Å²) in [5, 5.41) is 2.91. The Morgan fingerprint density at radius 2 is 2.05 bits per heavy atom. The molecule has 1 aromatic carbocycles. The van der Waals surface area contributed by atoms with E-state index < -0.39 is 0 Å². The van der Waals surface area contributed by atoms with Crippen molar-refractivity contribution in [2.75, 3.05) is 11.1 Å². The normalized spacial score (nSPS) is 10.6. The number of nitrogens with two attached hydrogens (primary N) is 1. The summed E-state index contributed by atoms with van der Waals surface area (Å²) in [7, 11) is 0. The molecular formula is C13H12FN7. The van der Waals surface area contributed by atoms with Gasteiger partial charge in [-0.1, -0.05) is 0 Å². The number of nitrogens with zero attached hydrogens (tertiary/aromatic N) is 5. The lowest BCUT2D eigenvalue weighted by Crippen LogP contribution is -2.08. The van der Waals surface area contributed by atoms with Crippen LogP contribution in [0.5, 0.6) is 0 Å². The Bertz CT molecular complexity index is 750. The molecule has 0 fully saturated rings. The molecule has 0 spiro atoms. The topological polar surface area (TPSA) is 94.5 Å². The second-order valence-electron chi connectivity index (χ2n) is 4.43. The molecule has 0 aliphatic heterocycles. The number of anilines is 3. The van der Waals surface area contributed by atoms with Gasteiger partial charge in [-0.2, -0.15) is 15.0 Å². The monoisotopic (exact) mass is 285 g/mol. The fraction of sp³-hybridized carbons (Fsp3) is 0.0769. The van der Waals surface area contributed by atoms with Crippen molar-refractivity contribution in [2.24, 2.45) is 0 Å². The summed E-state index contributed by atoms with van der Waals surface area (Å²) in [5.74, 6) is 0.283. The SMILES string of the molecule is Cc1cc(F)cc(Nc2nc(N)nc(-n3ccnc3)n2)c1. The zero-order chi connectivity index (χ0) is 14.8. The number of halogens is 1. The molecule has 21 heavy (non-hydrogen) atoms. The van der Waals surface area contributed by atoms with Crippen molar-refractivity contribution in [2.45, 2.75) is 6.92 Å². The van der Waals surface area contributed by atoms with Crippen LogP contribution in [0.3, 0.4) is 0 Å². The average molecular weight is 285 g/mol. The second-order valence-corrected chi connectivity index (χ2v) is 4.43. The molecule has 0 unspecified atom stereocenters. The van der Waals surface area contributed by atoms with E-state index in [1.165, 1.54) is 12.1 Å². The summed E-state index contributed by atoms with van der Waals surface area (Å²) < 4.78 is 15.0. The minimum Gasteiger partial charge on any atom is -0.368 e. The van der Waals surface area contributed by atoms with Gasteiger partial charge in [0.1, 0.15) is 12.1 Å². The van der Waals surface area contributed by atoms with Gasteiger partial charge in [0.15, 0.2) is 0 Å². The second kappa shape index (κ2) is 5.16. The molecule has 3 rings (SSSR count). The molecule has 0 atom stereocenters. The quantitative estimate of drug-likeness (QED) is 0.762. The van der Waals surface area contributed by atoms with E-state index in [0.29, 0.717) is 11.6 Å². The minimum absolute atomic E-state index is 0.0596. The first-order valence-corrected chi connectivity index (χ1v) is 6.14. The van der Waals surface area contributed by atoms with Crippen molar-refractivity contribution in [1.29, 1.82) is 0 Å². The van der Waals surface area contributed by atoms with Crippen molar-refractivity contribution < 1.29 is 4.39 Å². The van der Waals surface area contributed by atoms with Gasteiger partial charge in [-0.25, -0.2) is 9.37 Å². The Morgan fingerprint density at radius 3 is 2.76 bits per heavy atom. The van der Waals surface area contributed by atoms with E-state index in [4.69, 9.17) is 5.73 Å². The molecule has 0 saturated carbocycles. The highest BCUT2D eigenvalue weighted by atomic mass is 19.1. The zero-order valence-corrected chi connectivity index (χ0v) is 11.2. The Morgan fingerprint density at radius 1 is 1.19 bits per heavy atom. The third kappa shape index (κ3) is 2.94. The third-order valence-electron chi connectivity index (χ3n) is 2.67. The molecular weight excluding hydrogens is 273 g/mol. The average Bonchev–Trinajstić information content (AvgIpc) is 2.90. The molecule has 0 aliphatic carbocycles. The lowest BCUT2D eigenvalue weighted by Gasteiger charge is -2.08. The predicted molar refractivity (Wildman–Crippen MR) is 75.8 cm³/mol. The highest BCUT2D eigenvalue weighted by Crippen LogP contribution is 2.17. The highest BCUT2D eigenvalue weighted by Gasteiger charge is 2.07. The van der Waals surface area contributed by atoms with E-state index in [1.54, 1.807) is 36.3 Å². The molecule has 0 bridgehead atoms. The standard InChI is InChI=1S/C13H12FN7/c1-8-4-9(14)6-10(5-8)17-12-18-11(15)19-13(20-12)21-3-2-16-7-21/h2-7H,1H3,(H3,15,17,18,19,20). The molecule has 2 heterocycles. The number of hydrogen-bond donors (Lipinski definition) is 2. The van der Waals surface area contributed by atoms with Gasteiger partial charge < -0.3 is 11.1 Å². The van der Waals surface area contributed by atoms with Crippen LogP contribution in [0.2, 0.25) is 0 Å². The van der Waals surface area contributed by atoms with Gasteiger partial charge in [0.25, 0.3) is 0 Å². The van der Waals surface area contributed by atoms with Gasteiger partial charge >= 0.3 is 0 Å². The number of hydrogen-bond acceptors (Lipinski definition) is 6. The van der Waals surface area contributed by atoms with Crippen molar-refractivity contribution >= 4 is 17.6 Å². The number of imidazole rings is 1. The fourth-order valence-corrected chi connectivity index (χ4v) is 1.87. The van der Waals surface area contributed by atoms with Crippen molar-refractivity contribution in [3.63, 3.8) is 0 Å². The minimum atomic E-state index is -0.339. The molecule has 8 heteroatoms. The number of rotatable bonds is 3. The van der Waals surface area contributed by atoms with Crippen LogP contribution in [0.25, 0.3) is 5.95 Å². The number of nitrogen functional groups attached to an aromatic ring is 1. The summed E-state index contributed by atoms with van der Waals surface area (Å²) >= 11 is 0. The third-order valence-corrected chi connectivity index (χ3v) is 2.67. The van der Waals surface area contributed by atoms with Gasteiger partial charge in [0.2, 0.25) is 17.8 Å². The van der Waals surface area contributed by atoms with Gasteiger partial charge in [-0.05, 0) is 30.7 Å². The first-order chi connectivity index (χ1) is 10.1. The van der Waals surface area contributed by atoms with Crippen LogP contribution in [0, 0.1) is 12.7 Å². The Labute approximate surface area is 119 Å². The predicted octanol–water partition coefficient (Wildman–Crippen LogP) is 1.83. The summed E-state index contributed by atoms with van der Waals surface area (Å²) in [6.07, 6.45) is 4.83. The van der Waals surface area contributed by atoms with Crippen LogP contribution in [0.15, 0.2) is 36.9 Å². The molecule has 3 aromatic rings. The van der Waals surface area contributed by atoms with Crippen LogP contribution in [0.1, 0.15) is 5.56 Å². The van der Waals surface area contributed by atoms with Crippen LogP contribution >= 0.6 is 0 Å². The summed E-state index contributed by atoms with van der Waals surface area (Å²) in [4.78, 5) is 16.1. The number of aryl methyl sites for hydroxylation is 1. The summed E-state index contributed by atoms with van der Waals surface area (Å²) in [6, 6.07) is 4.56. The van der Waals surface area contributed by atoms with Gasteiger partial charge in [0.05, 0.1) is 0 Å². The lowest BCUT2D eigenvalue weighted by molar-refractivity contribution is 0.627. The van der Waals surface area contributed by atoms with E-state index >= 15 is 0 Å². The molecule has 2 aromatic heterocycles. The number of benzene rings is 1. The number of nitrogens with one attached hydrogen (secondary N) is 1. The van der Waals surface area contributed by atoms with Crippen LogP contribution < -0.4 is 11.1 Å². The van der Waals surface area contributed by atoms with E-state index in [1.807, 2.05) is 0 Å². The van der Waals surface area contributed by atoms with Crippen molar-refractivity contribution in [1.82, 2.24) is 24.5 Å². The van der Waals surface area contributed by atoms with Crippen LogP contribution in [-0.4, -0.2) is 24.5 Å². The highest BCUT2D eigenvalue weighted by molar-refractivity contribution is 5.55. The number of aromatic nitrogens is 5. The Balaban J connectivity index is 1.95. The molecule has 106 valence electrons. The maximum atomic E-state index is 13.4. The van der Waals surface area contributed by atoms with E-state index in [0.717, 1.165) is 5.56 Å². The first-order valence-electron chi connectivity index (χ1n) is 6.14. The van der Waals surface area contributed by atoms with Gasteiger partial charge in [-0.15, -0.1) is 0 Å². The summed E-state index contributed by atoms with van der Waals surface area (Å²) in [6.45, 7) is 1.80. The zero-order valence-electron chi connectivity index (χ0n) is 11.2. The lowest BCUT2D eigenvalue weighted by atomic mass is 10.2. The fourth-order valence-electron chi connectivity index (χ4n) is 1.87. The molecule has 0 aliphatic rings. The first kappa shape index (κ1) is 13.0. The van der Waals surface area contributed by atoms with E-state index in [2.05, 4.69) is 25.3 Å². The van der Waals surface area contributed by atoms with Gasteiger partial charge in [0, 0.05) is 18.1 Å². The Hall–Kier alpha value is -3.03. The van der Waals surface area contributed by atoms with E-state index in [9.17, 15) is 4.39 Å². The molecule has 0 radical (unpaired) electrons. The van der Waals surface area contributed by atoms with E-state index in [-0.39, 0.29) is 17.7 Å². The maximum Gasteiger partial charge on any atom is 0.241 e. The van der Waals surface area contributed by atoms with Crippen LogP contribution in [-0.2, 0) is 0 Å². The smallest absolute Gasteiger partial charge is 0.241 e. The molecule has 7 nitrogen and oxygen atoms in total. The van der Waals surface area contributed by atoms with Crippen LogP contribution in [0.4, 0.5) is 22.0 Å². The Kier molecular flexibility index (Phi) is 3.19. The molecule has 3 N–H and O–H groups in total. The maximum absolute atomic E-state index is 13.4. The van der Waals surface area contributed by atoms with Crippen molar-refractivity contribution in [3.05, 3.63) is 48.3 Å².